The first-order valence-electron chi connectivity index (χ1n) is 7.06. The van der Waals surface area contributed by atoms with E-state index in [2.05, 4.69) is 82.0 Å². The van der Waals surface area contributed by atoms with Crippen molar-refractivity contribution in [3.8, 4) is 0 Å². The summed E-state index contributed by atoms with van der Waals surface area (Å²) in [5.74, 6) is 0. The van der Waals surface area contributed by atoms with Crippen molar-refractivity contribution in [3.05, 3.63) is 61.3 Å². The first-order chi connectivity index (χ1) is 9.93. The van der Waals surface area contributed by atoms with Crippen molar-refractivity contribution in [1.29, 1.82) is 0 Å². The van der Waals surface area contributed by atoms with Crippen molar-refractivity contribution < 1.29 is 0 Å². The van der Waals surface area contributed by atoms with Gasteiger partial charge in [-0.3, -0.25) is 4.98 Å². The number of nitrogens with one attached hydrogen (secondary N) is 1. The molecule has 4 heteroatoms. The Kier molecular flexibility index (Phi) is 5.58. The second-order valence-corrected chi connectivity index (χ2v) is 7.07. The zero-order chi connectivity index (χ0) is 15.6. The van der Waals surface area contributed by atoms with E-state index < -0.39 is 0 Å². The maximum atomic E-state index is 4.61. The van der Waals surface area contributed by atoms with Crippen LogP contribution in [-0.2, 0) is 0 Å². The summed E-state index contributed by atoms with van der Waals surface area (Å²) in [6.07, 6.45) is 1.85. The molecule has 2 nitrogen and oxygen atoms in total. The van der Waals surface area contributed by atoms with Crippen LogP contribution in [0.3, 0.4) is 0 Å². The van der Waals surface area contributed by atoms with Crippen LogP contribution >= 0.6 is 31.9 Å². The third kappa shape index (κ3) is 3.74. The largest absolute Gasteiger partial charge is 0.305 e. The minimum absolute atomic E-state index is 0.0942. The van der Waals surface area contributed by atoms with E-state index in [1.807, 2.05) is 12.3 Å². The summed E-state index contributed by atoms with van der Waals surface area (Å²) in [7, 11) is 0. The molecular formula is C17H20Br2N2. The van der Waals surface area contributed by atoms with E-state index in [-0.39, 0.29) is 6.04 Å². The Balaban J connectivity index is 2.55. The van der Waals surface area contributed by atoms with Gasteiger partial charge >= 0.3 is 0 Å². The molecule has 21 heavy (non-hydrogen) atoms. The Morgan fingerprint density at radius 3 is 2.33 bits per heavy atom. The molecule has 0 saturated heterocycles. The molecule has 0 aliphatic heterocycles. The number of aromatic nitrogens is 1. The van der Waals surface area contributed by atoms with Gasteiger partial charge < -0.3 is 5.32 Å². The molecule has 0 bridgehead atoms. The molecular weight excluding hydrogens is 392 g/mol. The highest BCUT2D eigenvalue weighted by Crippen LogP contribution is 2.31. The van der Waals surface area contributed by atoms with E-state index in [9.17, 15) is 0 Å². The number of nitrogens with zero attached hydrogens (tertiary/aromatic N) is 1. The van der Waals surface area contributed by atoms with Crippen molar-refractivity contribution in [2.75, 3.05) is 6.54 Å². The van der Waals surface area contributed by atoms with E-state index in [4.69, 9.17) is 0 Å². The highest BCUT2D eigenvalue weighted by molar-refractivity contribution is 9.11. The molecule has 2 rings (SSSR count). The van der Waals surface area contributed by atoms with Gasteiger partial charge in [-0.15, -0.1) is 0 Å². The van der Waals surface area contributed by atoms with Crippen LogP contribution < -0.4 is 5.32 Å². The lowest BCUT2D eigenvalue weighted by molar-refractivity contribution is 0.609. The van der Waals surface area contributed by atoms with Crippen molar-refractivity contribution in [3.63, 3.8) is 0 Å². The lowest BCUT2D eigenvalue weighted by Gasteiger charge is -2.22. The van der Waals surface area contributed by atoms with Gasteiger partial charge in [-0.05, 0) is 87.5 Å². The predicted molar refractivity (Wildman–Crippen MR) is 95.8 cm³/mol. The summed E-state index contributed by atoms with van der Waals surface area (Å²) in [5.41, 5.74) is 6.24. The molecule has 1 N–H and O–H groups in total. The molecule has 112 valence electrons. The maximum Gasteiger partial charge on any atom is 0.0765 e. The zero-order valence-corrected chi connectivity index (χ0v) is 16.0. The van der Waals surface area contributed by atoms with E-state index in [0.717, 1.165) is 21.2 Å². The topological polar surface area (TPSA) is 24.9 Å². The fourth-order valence-corrected chi connectivity index (χ4v) is 3.71. The number of pyridine rings is 1. The number of aryl methyl sites for hydroxylation is 3. The fraction of sp³-hybridized carbons (Fsp3) is 0.353. The first-order valence-corrected chi connectivity index (χ1v) is 8.64. The highest BCUT2D eigenvalue weighted by atomic mass is 79.9. The lowest BCUT2D eigenvalue weighted by Crippen LogP contribution is -2.24. The average molecular weight is 412 g/mol. The van der Waals surface area contributed by atoms with E-state index in [1.165, 1.54) is 22.3 Å². The Hall–Kier alpha value is -0.710. The van der Waals surface area contributed by atoms with Crippen LogP contribution in [0.15, 0.2) is 33.3 Å². The Bertz CT molecular complexity index is 653. The Morgan fingerprint density at radius 1 is 1.05 bits per heavy atom. The summed E-state index contributed by atoms with van der Waals surface area (Å²) in [5, 5.41) is 3.56. The summed E-state index contributed by atoms with van der Waals surface area (Å²) >= 11 is 7.10. The minimum Gasteiger partial charge on any atom is -0.305 e. The van der Waals surface area contributed by atoms with Crippen LogP contribution in [0.4, 0.5) is 0 Å². The van der Waals surface area contributed by atoms with Crippen molar-refractivity contribution in [2.24, 2.45) is 0 Å². The SMILES string of the molecule is CCNC(c1cc(C)c(C)cc1C)c1ncc(Br)cc1Br. The quantitative estimate of drug-likeness (QED) is 0.744. The molecule has 0 radical (unpaired) electrons. The number of rotatable bonds is 4. The highest BCUT2D eigenvalue weighted by Gasteiger charge is 2.20. The molecule has 0 spiro atoms. The molecule has 0 fully saturated rings. The molecule has 1 unspecified atom stereocenters. The van der Waals surface area contributed by atoms with Gasteiger partial charge in [0.15, 0.2) is 0 Å². The standard InChI is InChI=1S/C17H20Br2N2/c1-5-20-16(17-15(19)8-13(18)9-21-17)14-7-11(3)10(2)6-12(14)4/h6-9,16,20H,5H2,1-4H3. The van der Waals surface area contributed by atoms with Crippen LogP contribution in [0, 0.1) is 20.8 Å². The van der Waals surface area contributed by atoms with Gasteiger partial charge in [0.05, 0.1) is 11.7 Å². The van der Waals surface area contributed by atoms with Crippen molar-refractivity contribution >= 4 is 31.9 Å². The molecule has 0 aliphatic carbocycles. The van der Waals surface area contributed by atoms with Gasteiger partial charge in [0.2, 0.25) is 0 Å². The molecule has 0 amide bonds. The Labute approximate surface area is 143 Å². The minimum atomic E-state index is 0.0942. The van der Waals surface area contributed by atoms with Gasteiger partial charge in [0, 0.05) is 15.1 Å². The molecule has 0 aliphatic rings. The molecule has 1 aromatic heterocycles. The molecule has 1 aromatic carbocycles. The average Bonchev–Trinajstić information content (AvgIpc) is 2.41. The van der Waals surface area contributed by atoms with E-state index in [1.54, 1.807) is 0 Å². The number of halogens is 2. The van der Waals surface area contributed by atoms with Crippen LogP contribution in [0.5, 0.6) is 0 Å². The van der Waals surface area contributed by atoms with Gasteiger partial charge in [0.25, 0.3) is 0 Å². The molecule has 1 heterocycles. The zero-order valence-electron chi connectivity index (χ0n) is 12.8. The van der Waals surface area contributed by atoms with Gasteiger partial charge in [0.1, 0.15) is 0 Å². The fourth-order valence-electron chi connectivity index (χ4n) is 2.49. The number of benzene rings is 1. The third-order valence-electron chi connectivity index (χ3n) is 3.71. The van der Waals surface area contributed by atoms with Crippen LogP contribution in [-0.4, -0.2) is 11.5 Å². The lowest BCUT2D eigenvalue weighted by atomic mass is 9.94. The summed E-state index contributed by atoms with van der Waals surface area (Å²) in [6, 6.07) is 6.66. The van der Waals surface area contributed by atoms with Crippen molar-refractivity contribution in [1.82, 2.24) is 10.3 Å². The van der Waals surface area contributed by atoms with Gasteiger partial charge in [-0.1, -0.05) is 19.1 Å². The Morgan fingerprint density at radius 2 is 1.71 bits per heavy atom. The molecule has 1 atom stereocenters. The van der Waals surface area contributed by atoms with Crippen LogP contribution in [0.1, 0.15) is 40.9 Å². The second kappa shape index (κ2) is 7.03. The van der Waals surface area contributed by atoms with E-state index >= 15 is 0 Å². The summed E-state index contributed by atoms with van der Waals surface area (Å²) in [6.45, 7) is 9.49. The normalized spacial score (nSPS) is 12.5. The smallest absolute Gasteiger partial charge is 0.0765 e. The van der Waals surface area contributed by atoms with Gasteiger partial charge in [-0.2, -0.15) is 0 Å². The first kappa shape index (κ1) is 16.7. The molecule has 2 aromatic rings. The van der Waals surface area contributed by atoms with E-state index in [0.29, 0.717) is 0 Å². The summed E-state index contributed by atoms with van der Waals surface area (Å²) in [4.78, 5) is 4.61. The third-order valence-corrected chi connectivity index (χ3v) is 4.78. The van der Waals surface area contributed by atoms with Crippen molar-refractivity contribution in [2.45, 2.75) is 33.7 Å². The second-order valence-electron chi connectivity index (χ2n) is 5.30. The van der Waals surface area contributed by atoms with Crippen LogP contribution in [0.2, 0.25) is 0 Å². The van der Waals surface area contributed by atoms with Gasteiger partial charge in [-0.25, -0.2) is 0 Å². The number of hydrogen-bond acceptors (Lipinski definition) is 2. The monoisotopic (exact) mass is 410 g/mol. The number of hydrogen-bond donors (Lipinski definition) is 1. The predicted octanol–water partition coefficient (Wildman–Crippen LogP) is 5.23. The van der Waals surface area contributed by atoms with Crippen LogP contribution in [0.25, 0.3) is 0 Å². The molecule has 0 saturated carbocycles. The maximum absolute atomic E-state index is 4.61. The summed E-state index contributed by atoms with van der Waals surface area (Å²) < 4.78 is 1.99.